The van der Waals surface area contributed by atoms with Crippen LogP contribution in [0.25, 0.3) is 0 Å². The van der Waals surface area contributed by atoms with E-state index in [-0.39, 0.29) is 0 Å². The zero-order valence-electron chi connectivity index (χ0n) is 16.5. The molecule has 1 atom stereocenters. The van der Waals surface area contributed by atoms with E-state index < -0.39 is 0 Å². The zero-order valence-corrected chi connectivity index (χ0v) is 16.5. The summed E-state index contributed by atoms with van der Waals surface area (Å²) in [5, 5.41) is 0. The smallest absolute Gasteiger partial charge is 0.222 e. The average Bonchev–Trinajstić information content (AvgIpc) is 3.31. The molecule has 28 heavy (non-hydrogen) atoms. The summed E-state index contributed by atoms with van der Waals surface area (Å²) in [6.45, 7) is 4.84. The number of hydrogen-bond donors (Lipinski definition) is 0. The number of imidazole rings is 1. The normalized spacial score (nSPS) is 17.0. The SMILES string of the molecule is COc1cccc(Oc2cc(C)nc([C@H]3CCN(Cc4cncn4C)C3)n2)c1. The fraction of sp³-hybridized carbons (Fsp3) is 0.381. The third-order valence-electron chi connectivity index (χ3n) is 5.05. The summed E-state index contributed by atoms with van der Waals surface area (Å²) < 4.78 is 13.3. The molecule has 7 nitrogen and oxygen atoms in total. The summed E-state index contributed by atoms with van der Waals surface area (Å²) in [6, 6.07) is 9.40. The van der Waals surface area contributed by atoms with Gasteiger partial charge in [-0.25, -0.2) is 9.97 Å². The van der Waals surface area contributed by atoms with E-state index in [2.05, 4.69) is 19.4 Å². The van der Waals surface area contributed by atoms with Crippen LogP contribution in [-0.2, 0) is 13.6 Å². The van der Waals surface area contributed by atoms with Crippen molar-refractivity contribution in [3.05, 3.63) is 60.1 Å². The van der Waals surface area contributed by atoms with Gasteiger partial charge < -0.3 is 14.0 Å². The molecule has 0 N–H and O–H groups in total. The highest BCUT2D eigenvalue weighted by Crippen LogP contribution is 2.29. The molecule has 4 rings (SSSR count). The fourth-order valence-electron chi connectivity index (χ4n) is 3.54. The summed E-state index contributed by atoms with van der Waals surface area (Å²) in [7, 11) is 3.67. The van der Waals surface area contributed by atoms with Crippen LogP contribution in [0.5, 0.6) is 17.4 Å². The number of ether oxygens (including phenoxy) is 2. The molecule has 1 fully saturated rings. The molecule has 0 amide bonds. The molecule has 7 heteroatoms. The predicted octanol–water partition coefficient (Wildman–Crippen LogP) is 3.31. The maximum atomic E-state index is 5.97. The molecule has 146 valence electrons. The summed E-state index contributed by atoms with van der Waals surface area (Å²) in [6.07, 6.45) is 4.81. The molecule has 0 aliphatic carbocycles. The summed E-state index contributed by atoms with van der Waals surface area (Å²) >= 11 is 0. The highest BCUT2D eigenvalue weighted by molar-refractivity contribution is 5.35. The molecule has 1 saturated heterocycles. The van der Waals surface area contributed by atoms with Crippen molar-refractivity contribution in [2.24, 2.45) is 7.05 Å². The third-order valence-corrected chi connectivity index (χ3v) is 5.05. The second kappa shape index (κ2) is 7.98. The van der Waals surface area contributed by atoms with E-state index in [9.17, 15) is 0 Å². The average molecular weight is 379 g/mol. The van der Waals surface area contributed by atoms with E-state index in [1.165, 1.54) is 5.69 Å². The first kappa shape index (κ1) is 18.4. The number of aromatic nitrogens is 4. The Morgan fingerprint density at radius 2 is 2.04 bits per heavy atom. The molecule has 1 aliphatic rings. The van der Waals surface area contributed by atoms with E-state index in [4.69, 9.17) is 14.5 Å². The molecule has 0 spiro atoms. The van der Waals surface area contributed by atoms with Gasteiger partial charge in [0.05, 0.1) is 19.1 Å². The molecule has 1 aromatic carbocycles. The molecule has 0 saturated carbocycles. The molecule has 3 heterocycles. The van der Waals surface area contributed by atoms with Gasteiger partial charge in [-0.15, -0.1) is 0 Å². The first-order chi connectivity index (χ1) is 13.6. The van der Waals surface area contributed by atoms with E-state index >= 15 is 0 Å². The monoisotopic (exact) mass is 379 g/mol. The zero-order chi connectivity index (χ0) is 19.5. The van der Waals surface area contributed by atoms with Gasteiger partial charge in [0.15, 0.2) is 0 Å². The van der Waals surface area contributed by atoms with E-state index in [0.717, 1.165) is 43.3 Å². The number of likely N-dealkylation sites (tertiary alicyclic amines) is 1. The van der Waals surface area contributed by atoms with E-state index in [1.807, 2.05) is 56.8 Å². The topological polar surface area (TPSA) is 65.3 Å². The Kier molecular flexibility index (Phi) is 5.25. The molecule has 0 unspecified atom stereocenters. The van der Waals surface area contributed by atoms with Crippen molar-refractivity contribution < 1.29 is 9.47 Å². The van der Waals surface area contributed by atoms with Crippen molar-refractivity contribution >= 4 is 0 Å². The maximum Gasteiger partial charge on any atom is 0.222 e. The van der Waals surface area contributed by atoms with Crippen LogP contribution in [0.4, 0.5) is 0 Å². The lowest BCUT2D eigenvalue weighted by Crippen LogP contribution is -2.21. The van der Waals surface area contributed by atoms with Gasteiger partial charge in [-0.2, -0.15) is 4.98 Å². The second-order valence-electron chi connectivity index (χ2n) is 7.20. The maximum absolute atomic E-state index is 5.97. The van der Waals surface area contributed by atoms with Crippen LogP contribution in [0.3, 0.4) is 0 Å². The standard InChI is InChI=1S/C21H25N5O2/c1-15-9-20(28-19-6-4-5-18(10-19)27-3)24-21(23-15)16-7-8-26(12-16)13-17-11-22-14-25(17)2/h4-6,9-11,14,16H,7-8,12-13H2,1-3H3/t16-/m0/s1. The van der Waals surface area contributed by atoms with Crippen LogP contribution in [-0.4, -0.2) is 44.6 Å². The molecule has 1 aliphatic heterocycles. The van der Waals surface area contributed by atoms with Crippen LogP contribution in [0.1, 0.15) is 29.6 Å². The first-order valence-electron chi connectivity index (χ1n) is 9.46. The second-order valence-corrected chi connectivity index (χ2v) is 7.20. The number of methoxy groups -OCH3 is 1. The van der Waals surface area contributed by atoms with Gasteiger partial charge in [-0.3, -0.25) is 4.90 Å². The van der Waals surface area contributed by atoms with Crippen LogP contribution in [0.15, 0.2) is 42.9 Å². The van der Waals surface area contributed by atoms with Crippen molar-refractivity contribution in [2.75, 3.05) is 20.2 Å². The minimum absolute atomic E-state index is 0.306. The minimum Gasteiger partial charge on any atom is -0.497 e. The summed E-state index contributed by atoms with van der Waals surface area (Å²) in [4.78, 5) is 16.0. The molecule has 3 aromatic rings. The molecule has 2 aromatic heterocycles. The number of hydrogen-bond acceptors (Lipinski definition) is 6. The Bertz CT molecular complexity index is 955. The van der Waals surface area contributed by atoms with Crippen LogP contribution in [0.2, 0.25) is 0 Å². The quantitative estimate of drug-likeness (QED) is 0.655. The highest BCUT2D eigenvalue weighted by Gasteiger charge is 2.27. The van der Waals surface area contributed by atoms with Crippen molar-refractivity contribution in [1.82, 2.24) is 24.4 Å². The van der Waals surface area contributed by atoms with Gasteiger partial charge >= 0.3 is 0 Å². The summed E-state index contributed by atoms with van der Waals surface area (Å²) in [5.41, 5.74) is 2.13. The Morgan fingerprint density at radius 1 is 1.18 bits per heavy atom. The lowest BCUT2D eigenvalue weighted by atomic mass is 10.1. The van der Waals surface area contributed by atoms with Gasteiger partial charge in [0, 0.05) is 50.1 Å². The van der Waals surface area contributed by atoms with Gasteiger partial charge in [0.25, 0.3) is 0 Å². The number of rotatable bonds is 6. The van der Waals surface area contributed by atoms with Crippen LogP contribution >= 0.6 is 0 Å². The Balaban J connectivity index is 1.47. The Morgan fingerprint density at radius 3 is 2.82 bits per heavy atom. The third kappa shape index (κ3) is 4.14. The van der Waals surface area contributed by atoms with Crippen molar-refractivity contribution in [2.45, 2.75) is 25.8 Å². The van der Waals surface area contributed by atoms with Crippen LogP contribution in [0, 0.1) is 6.92 Å². The molecule has 0 radical (unpaired) electrons. The Labute approximate surface area is 165 Å². The van der Waals surface area contributed by atoms with Crippen molar-refractivity contribution in [3.8, 4) is 17.4 Å². The van der Waals surface area contributed by atoms with Crippen molar-refractivity contribution in [1.29, 1.82) is 0 Å². The number of aryl methyl sites for hydroxylation is 2. The lowest BCUT2D eigenvalue weighted by molar-refractivity contribution is 0.317. The van der Waals surface area contributed by atoms with Crippen LogP contribution < -0.4 is 9.47 Å². The largest absolute Gasteiger partial charge is 0.497 e. The van der Waals surface area contributed by atoms with Gasteiger partial charge in [0.2, 0.25) is 5.88 Å². The fourth-order valence-corrected chi connectivity index (χ4v) is 3.54. The number of benzene rings is 1. The Hall–Kier alpha value is -2.93. The molecule has 0 bridgehead atoms. The van der Waals surface area contributed by atoms with E-state index in [0.29, 0.717) is 17.5 Å². The summed E-state index contributed by atoms with van der Waals surface area (Å²) in [5.74, 6) is 3.18. The van der Waals surface area contributed by atoms with Gasteiger partial charge in [0.1, 0.15) is 17.3 Å². The highest BCUT2D eigenvalue weighted by atomic mass is 16.5. The van der Waals surface area contributed by atoms with Crippen molar-refractivity contribution in [3.63, 3.8) is 0 Å². The minimum atomic E-state index is 0.306. The lowest BCUT2D eigenvalue weighted by Gasteiger charge is -2.16. The van der Waals surface area contributed by atoms with E-state index in [1.54, 1.807) is 7.11 Å². The number of nitrogens with zero attached hydrogens (tertiary/aromatic N) is 5. The first-order valence-corrected chi connectivity index (χ1v) is 9.46. The molecular formula is C21H25N5O2. The van der Waals surface area contributed by atoms with Gasteiger partial charge in [-0.05, 0) is 32.0 Å². The molecular weight excluding hydrogens is 354 g/mol. The predicted molar refractivity (Wildman–Crippen MR) is 106 cm³/mol. The van der Waals surface area contributed by atoms with Gasteiger partial charge in [-0.1, -0.05) is 6.07 Å².